The molecule has 1 aromatic rings. The van der Waals surface area contributed by atoms with Gasteiger partial charge < -0.3 is 9.67 Å². The molecular weight excluding hydrogens is 280 g/mol. The van der Waals surface area contributed by atoms with E-state index < -0.39 is 16.0 Å². The minimum Gasteiger partial charge on any atom is -0.477 e. The van der Waals surface area contributed by atoms with Crippen LogP contribution in [0.3, 0.4) is 0 Å². The second-order valence-corrected chi connectivity index (χ2v) is 7.00. The molecule has 1 aliphatic rings. The van der Waals surface area contributed by atoms with Crippen molar-refractivity contribution in [1.29, 1.82) is 0 Å². The summed E-state index contributed by atoms with van der Waals surface area (Å²) < 4.78 is 28.2. The first-order chi connectivity index (χ1) is 9.37. The van der Waals surface area contributed by atoms with E-state index in [0.29, 0.717) is 13.1 Å². The lowest BCUT2D eigenvalue weighted by molar-refractivity contribution is 0.0685. The van der Waals surface area contributed by atoms with Crippen molar-refractivity contribution in [3.8, 4) is 0 Å². The van der Waals surface area contributed by atoms with Gasteiger partial charge in [-0.25, -0.2) is 13.2 Å². The minimum atomic E-state index is -3.61. The molecule has 0 aliphatic carbocycles. The summed E-state index contributed by atoms with van der Waals surface area (Å²) in [5.74, 6) is -1.11. The van der Waals surface area contributed by atoms with Gasteiger partial charge in [0.2, 0.25) is 10.0 Å². The fourth-order valence-electron chi connectivity index (χ4n) is 2.63. The Labute approximate surface area is 119 Å². The molecule has 0 saturated carbocycles. The number of hydrogen-bond acceptors (Lipinski definition) is 3. The number of aromatic nitrogens is 1. The third-order valence-electron chi connectivity index (χ3n) is 3.78. The van der Waals surface area contributed by atoms with Gasteiger partial charge in [0.15, 0.2) is 0 Å². The van der Waals surface area contributed by atoms with Crippen molar-refractivity contribution < 1.29 is 18.3 Å². The lowest BCUT2D eigenvalue weighted by atomic mass is 10.1. The standard InChI is InChI=1S/C13H20N2O4S/c1-3-14-9-11(8-12(14)13(16)17)20(18,19)15-7-5-4-6-10(15)2/h8-10H,3-7H2,1-2H3,(H,16,17)/t10-/m1/s1. The topological polar surface area (TPSA) is 79.6 Å². The van der Waals surface area contributed by atoms with Crippen LogP contribution < -0.4 is 0 Å². The van der Waals surface area contributed by atoms with Gasteiger partial charge in [0.25, 0.3) is 0 Å². The monoisotopic (exact) mass is 300 g/mol. The number of rotatable bonds is 4. The molecule has 6 nitrogen and oxygen atoms in total. The van der Waals surface area contributed by atoms with Gasteiger partial charge >= 0.3 is 5.97 Å². The summed E-state index contributed by atoms with van der Waals surface area (Å²) in [7, 11) is -3.61. The van der Waals surface area contributed by atoms with E-state index in [1.165, 1.54) is 21.1 Å². The number of carboxylic acid groups (broad SMARTS) is 1. The summed E-state index contributed by atoms with van der Waals surface area (Å²) in [6, 6.07) is 1.22. The molecule has 2 heterocycles. The molecule has 2 rings (SSSR count). The van der Waals surface area contributed by atoms with Crippen LogP contribution in [-0.4, -0.2) is 41.0 Å². The first kappa shape index (κ1) is 15.1. The summed E-state index contributed by atoms with van der Waals surface area (Å²) in [6.07, 6.45) is 4.15. The van der Waals surface area contributed by atoms with Gasteiger partial charge in [0, 0.05) is 25.3 Å². The Bertz CT molecular complexity index is 606. The number of carbonyl (C=O) groups is 1. The predicted molar refractivity (Wildman–Crippen MR) is 74.3 cm³/mol. The second kappa shape index (κ2) is 5.57. The highest BCUT2D eigenvalue weighted by Gasteiger charge is 2.32. The molecule has 0 spiro atoms. The Morgan fingerprint density at radius 1 is 1.45 bits per heavy atom. The molecule has 112 valence electrons. The molecule has 1 saturated heterocycles. The largest absolute Gasteiger partial charge is 0.477 e. The number of piperidine rings is 1. The van der Waals surface area contributed by atoms with E-state index in [9.17, 15) is 13.2 Å². The van der Waals surface area contributed by atoms with Crippen LogP contribution in [0.4, 0.5) is 0 Å². The first-order valence-corrected chi connectivity index (χ1v) is 8.27. The van der Waals surface area contributed by atoms with Crippen LogP contribution in [0.5, 0.6) is 0 Å². The highest BCUT2D eigenvalue weighted by molar-refractivity contribution is 7.89. The third-order valence-corrected chi connectivity index (χ3v) is 5.76. The average Bonchev–Trinajstić information content (AvgIpc) is 2.84. The van der Waals surface area contributed by atoms with E-state index in [0.717, 1.165) is 19.3 Å². The number of aryl methyl sites for hydroxylation is 1. The van der Waals surface area contributed by atoms with Crippen molar-refractivity contribution in [2.45, 2.75) is 50.6 Å². The van der Waals surface area contributed by atoms with E-state index >= 15 is 0 Å². The summed E-state index contributed by atoms with van der Waals surface area (Å²) in [6.45, 7) is 4.61. The fourth-order valence-corrected chi connectivity index (χ4v) is 4.37. The lowest BCUT2D eigenvalue weighted by Gasteiger charge is -2.31. The van der Waals surface area contributed by atoms with E-state index in [2.05, 4.69) is 0 Å². The summed E-state index contributed by atoms with van der Waals surface area (Å²) in [5.41, 5.74) is 0.00994. The molecule has 0 amide bonds. The van der Waals surface area contributed by atoms with Gasteiger partial charge in [-0.3, -0.25) is 0 Å². The van der Waals surface area contributed by atoms with Crippen LogP contribution in [0.1, 0.15) is 43.6 Å². The normalized spacial score (nSPS) is 21.0. The highest BCUT2D eigenvalue weighted by atomic mass is 32.2. The van der Waals surface area contributed by atoms with E-state index in [1.54, 1.807) is 6.92 Å². The molecule has 1 fully saturated rings. The Balaban J connectivity index is 2.41. The van der Waals surface area contributed by atoms with Crippen molar-refractivity contribution in [3.63, 3.8) is 0 Å². The zero-order chi connectivity index (χ0) is 14.9. The van der Waals surface area contributed by atoms with E-state index in [1.807, 2.05) is 6.92 Å². The van der Waals surface area contributed by atoms with Crippen molar-refractivity contribution in [2.75, 3.05) is 6.54 Å². The lowest BCUT2D eigenvalue weighted by Crippen LogP contribution is -2.41. The Morgan fingerprint density at radius 3 is 2.65 bits per heavy atom. The van der Waals surface area contributed by atoms with Crippen molar-refractivity contribution in [3.05, 3.63) is 18.0 Å². The van der Waals surface area contributed by atoms with Gasteiger partial charge in [-0.1, -0.05) is 6.42 Å². The zero-order valence-electron chi connectivity index (χ0n) is 11.7. The maximum absolute atomic E-state index is 12.6. The molecule has 1 aliphatic heterocycles. The van der Waals surface area contributed by atoms with Crippen LogP contribution in [0, 0.1) is 0 Å². The molecule has 0 bridgehead atoms. The number of hydrogen-bond donors (Lipinski definition) is 1. The van der Waals surface area contributed by atoms with Crippen LogP contribution >= 0.6 is 0 Å². The summed E-state index contributed by atoms with van der Waals surface area (Å²) in [4.78, 5) is 11.2. The number of sulfonamides is 1. The van der Waals surface area contributed by atoms with Gasteiger partial charge in [-0.2, -0.15) is 4.31 Å². The molecule has 0 aromatic carbocycles. The van der Waals surface area contributed by atoms with E-state index in [-0.39, 0.29) is 16.6 Å². The smallest absolute Gasteiger partial charge is 0.352 e. The van der Waals surface area contributed by atoms with Crippen LogP contribution in [0.15, 0.2) is 17.2 Å². The number of carboxylic acids is 1. The first-order valence-electron chi connectivity index (χ1n) is 6.83. The summed E-state index contributed by atoms with van der Waals surface area (Å²) >= 11 is 0. The van der Waals surface area contributed by atoms with Crippen molar-refractivity contribution in [1.82, 2.24) is 8.87 Å². The zero-order valence-corrected chi connectivity index (χ0v) is 12.6. The number of aromatic carboxylic acids is 1. The maximum Gasteiger partial charge on any atom is 0.352 e. The molecule has 0 unspecified atom stereocenters. The van der Waals surface area contributed by atoms with Crippen molar-refractivity contribution >= 4 is 16.0 Å². The minimum absolute atomic E-state index is 0.00994. The number of nitrogens with zero attached hydrogens (tertiary/aromatic N) is 2. The molecular formula is C13H20N2O4S. The second-order valence-electron chi connectivity index (χ2n) is 5.11. The molecule has 1 atom stereocenters. The van der Waals surface area contributed by atoms with Crippen LogP contribution in [-0.2, 0) is 16.6 Å². The Morgan fingerprint density at radius 2 is 2.15 bits per heavy atom. The van der Waals surface area contributed by atoms with Crippen LogP contribution in [0.2, 0.25) is 0 Å². The van der Waals surface area contributed by atoms with Crippen LogP contribution in [0.25, 0.3) is 0 Å². The third kappa shape index (κ3) is 2.60. The Hall–Kier alpha value is -1.34. The van der Waals surface area contributed by atoms with Crippen molar-refractivity contribution in [2.24, 2.45) is 0 Å². The quantitative estimate of drug-likeness (QED) is 0.919. The maximum atomic E-state index is 12.6. The van der Waals surface area contributed by atoms with E-state index in [4.69, 9.17) is 5.11 Å². The van der Waals surface area contributed by atoms with Gasteiger partial charge in [0.1, 0.15) is 10.6 Å². The van der Waals surface area contributed by atoms with Gasteiger partial charge in [0.05, 0.1) is 0 Å². The molecule has 1 N–H and O–H groups in total. The molecule has 20 heavy (non-hydrogen) atoms. The fraction of sp³-hybridized carbons (Fsp3) is 0.615. The van der Waals surface area contributed by atoms with Gasteiger partial charge in [-0.05, 0) is 32.8 Å². The molecule has 1 aromatic heterocycles. The Kier molecular flexibility index (Phi) is 4.19. The SMILES string of the molecule is CCn1cc(S(=O)(=O)N2CCCC[C@H]2C)cc1C(=O)O. The molecule has 7 heteroatoms. The molecule has 0 radical (unpaired) electrons. The average molecular weight is 300 g/mol. The highest BCUT2D eigenvalue weighted by Crippen LogP contribution is 2.26. The van der Waals surface area contributed by atoms with Gasteiger partial charge in [-0.15, -0.1) is 0 Å². The summed E-state index contributed by atoms with van der Waals surface area (Å²) in [5, 5.41) is 9.11. The predicted octanol–water partition coefficient (Wildman–Crippen LogP) is 1.77.